The van der Waals surface area contributed by atoms with E-state index < -0.39 is 6.10 Å². The first-order valence-electron chi connectivity index (χ1n) is 3.96. The maximum atomic E-state index is 9.17. The van der Waals surface area contributed by atoms with Crippen molar-refractivity contribution in [3.8, 4) is 0 Å². The molecule has 0 aromatic rings. The van der Waals surface area contributed by atoms with Crippen LogP contribution in [0.2, 0.25) is 0 Å². The minimum absolute atomic E-state index is 0.462. The van der Waals surface area contributed by atoms with E-state index in [-0.39, 0.29) is 0 Å². The average Bonchev–Trinajstić information content (AvgIpc) is 2.03. The van der Waals surface area contributed by atoms with Crippen molar-refractivity contribution in [2.75, 3.05) is 7.11 Å². The quantitative estimate of drug-likeness (QED) is 0.618. The highest BCUT2D eigenvalue weighted by Crippen LogP contribution is 2.07. The van der Waals surface area contributed by atoms with Crippen molar-refractivity contribution in [2.45, 2.75) is 32.3 Å². The van der Waals surface area contributed by atoms with Gasteiger partial charge in [-0.05, 0) is 18.9 Å². The number of allylic oxidation sites excluding steroid dienone is 1. The molecule has 0 rings (SSSR count). The van der Waals surface area contributed by atoms with Crippen LogP contribution in [-0.4, -0.2) is 18.3 Å². The molecule has 1 unspecified atom stereocenters. The Kier molecular flexibility index (Phi) is 5.94. The van der Waals surface area contributed by atoms with Crippen LogP contribution >= 0.6 is 0 Å². The van der Waals surface area contributed by atoms with E-state index in [0.717, 1.165) is 18.6 Å². The Bertz CT molecular complexity index is 119. The minimum atomic E-state index is -0.462. The lowest BCUT2D eigenvalue weighted by Crippen LogP contribution is -2.02. The first kappa shape index (κ1) is 10.5. The third kappa shape index (κ3) is 4.85. The van der Waals surface area contributed by atoms with Gasteiger partial charge in [0, 0.05) is 6.42 Å². The van der Waals surface area contributed by atoms with Crippen molar-refractivity contribution in [3.63, 3.8) is 0 Å². The highest BCUT2D eigenvalue weighted by molar-refractivity contribution is 4.97. The molecule has 0 bridgehead atoms. The summed E-state index contributed by atoms with van der Waals surface area (Å²) in [5, 5.41) is 9.17. The zero-order valence-electron chi connectivity index (χ0n) is 7.34. The lowest BCUT2D eigenvalue weighted by Gasteiger charge is -2.06. The van der Waals surface area contributed by atoms with E-state index in [1.54, 1.807) is 13.2 Å². The lowest BCUT2D eigenvalue weighted by molar-refractivity contribution is 0.209. The molecule has 0 aliphatic heterocycles. The van der Waals surface area contributed by atoms with Gasteiger partial charge in [0.15, 0.2) is 0 Å². The van der Waals surface area contributed by atoms with Crippen LogP contribution in [0.5, 0.6) is 0 Å². The van der Waals surface area contributed by atoms with Gasteiger partial charge in [-0.2, -0.15) is 0 Å². The molecule has 0 aliphatic rings. The molecule has 0 heterocycles. The second-order valence-electron chi connectivity index (χ2n) is 2.44. The molecule has 0 aliphatic carbocycles. The number of aliphatic hydroxyl groups excluding tert-OH is 1. The topological polar surface area (TPSA) is 29.5 Å². The number of ether oxygens (including phenoxy) is 1. The molecule has 2 nitrogen and oxygen atoms in total. The van der Waals surface area contributed by atoms with Gasteiger partial charge in [0.05, 0.1) is 19.0 Å². The van der Waals surface area contributed by atoms with E-state index in [2.05, 4.69) is 13.8 Å². The minimum Gasteiger partial charge on any atom is -0.501 e. The van der Waals surface area contributed by atoms with Gasteiger partial charge >= 0.3 is 0 Å². The SMILES string of the molecule is [CH2]CC(O)C=C(CCC)OC. The maximum Gasteiger partial charge on any atom is 0.0941 e. The monoisotopic (exact) mass is 157 g/mol. The Balaban J connectivity index is 3.88. The van der Waals surface area contributed by atoms with E-state index in [1.807, 2.05) is 0 Å². The van der Waals surface area contributed by atoms with E-state index in [1.165, 1.54) is 0 Å². The molecule has 1 atom stereocenters. The molecular weight excluding hydrogens is 140 g/mol. The van der Waals surface area contributed by atoms with Crippen LogP contribution in [0.15, 0.2) is 11.8 Å². The van der Waals surface area contributed by atoms with Crippen LogP contribution in [0.1, 0.15) is 26.2 Å². The normalized spacial score (nSPS) is 14.7. The molecule has 0 spiro atoms. The first-order chi connectivity index (χ1) is 5.24. The number of rotatable bonds is 5. The first-order valence-corrected chi connectivity index (χ1v) is 3.96. The Morgan fingerprint density at radius 1 is 1.73 bits per heavy atom. The molecular formula is C9H17O2. The Morgan fingerprint density at radius 2 is 2.36 bits per heavy atom. The molecule has 0 aromatic carbocycles. The van der Waals surface area contributed by atoms with Crippen LogP contribution < -0.4 is 0 Å². The van der Waals surface area contributed by atoms with E-state index in [4.69, 9.17) is 9.84 Å². The molecule has 0 saturated heterocycles. The molecule has 0 saturated carbocycles. The van der Waals surface area contributed by atoms with Crippen molar-refractivity contribution in [2.24, 2.45) is 0 Å². The van der Waals surface area contributed by atoms with Crippen molar-refractivity contribution < 1.29 is 9.84 Å². The predicted molar refractivity (Wildman–Crippen MR) is 46.0 cm³/mol. The Labute approximate surface area is 68.9 Å². The number of methoxy groups -OCH3 is 1. The molecule has 11 heavy (non-hydrogen) atoms. The highest BCUT2D eigenvalue weighted by atomic mass is 16.5. The Morgan fingerprint density at radius 3 is 2.73 bits per heavy atom. The predicted octanol–water partition coefficient (Wildman–Crippen LogP) is 1.90. The zero-order valence-corrected chi connectivity index (χ0v) is 7.34. The highest BCUT2D eigenvalue weighted by Gasteiger charge is 1.99. The second kappa shape index (κ2) is 6.23. The van der Waals surface area contributed by atoms with Crippen LogP contribution in [0.4, 0.5) is 0 Å². The van der Waals surface area contributed by atoms with Gasteiger partial charge in [-0.25, -0.2) is 0 Å². The summed E-state index contributed by atoms with van der Waals surface area (Å²) in [6.45, 7) is 5.66. The summed E-state index contributed by atoms with van der Waals surface area (Å²) >= 11 is 0. The largest absolute Gasteiger partial charge is 0.501 e. The fourth-order valence-corrected chi connectivity index (χ4v) is 0.798. The smallest absolute Gasteiger partial charge is 0.0941 e. The summed E-state index contributed by atoms with van der Waals surface area (Å²) in [6, 6.07) is 0. The third-order valence-electron chi connectivity index (χ3n) is 1.43. The van der Waals surface area contributed by atoms with Gasteiger partial charge in [0.25, 0.3) is 0 Å². The summed E-state index contributed by atoms with van der Waals surface area (Å²) in [4.78, 5) is 0. The standard InChI is InChI=1S/C9H17O2/c1-4-6-9(11-3)7-8(10)5-2/h7-8,10H,2,4-6H2,1,3H3. The van der Waals surface area contributed by atoms with Gasteiger partial charge in [0.2, 0.25) is 0 Å². The average molecular weight is 157 g/mol. The van der Waals surface area contributed by atoms with Crippen molar-refractivity contribution in [1.82, 2.24) is 0 Å². The van der Waals surface area contributed by atoms with Gasteiger partial charge < -0.3 is 9.84 Å². The fourth-order valence-electron chi connectivity index (χ4n) is 0.798. The molecule has 0 aromatic heterocycles. The maximum absolute atomic E-state index is 9.17. The molecule has 1 N–H and O–H groups in total. The number of hydrogen-bond donors (Lipinski definition) is 1. The molecule has 2 heteroatoms. The fraction of sp³-hybridized carbons (Fsp3) is 0.667. The van der Waals surface area contributed by atoms with Crippen LogP contribution in [0.3, 0.4) is 0 Å². The summed E-state index contributed by atoms with van der Waals surface area (Å²) in [5.41, 5.74) is 0. The van der Waals surface area contributed by atoms with Crippen LogP contribution in [0, 0.1) is 6.92 Å². The summed E-state index contributed by atoms with van der Waals surface area (Å²) in [6.07, 6.45) is 3.67. The summed E-state index contributed by atoms with van der Waals surface area (Å²) in [7, 11) is 1.62. The van der Waals surface area contributed by atoms with Crippen LogP contribution in [0.25, 0.3) is 0 Å². The Hall–Kier alpha value is -0.500. The van der Waals surface area contributed by atoms with Crippen molar-refractivity contribution in [3.05, 3.63) is 18.8 Å². The summed E-state index contributed by atoms with van der Waals surface area (Å²) in [5.74, 6) is 0.851. The molecule has 65 valence electrons. The van der Waals surface area contributed by atoms with Gasteiger partial charge in [0.1, 0.15) is 0 Å². The summed E-state index contributed by atoms with van der Waals surface area (Å²) < 4.78 is 5.04. The van der Waals surface area contributed by atoms with Crippen molar-refractivity contribution >= 4 is 0 Å². The van der Waals surface area contributed by atoms with E-state index in [9.17, 15) is 0 Å². The molecule has 0 amide bonds. The van der Waals surface area contributed by atoms with Crippen molar-refractivity contribution in [1.29, 1.82) is 0 Å². The van der Waals surface area contributed by atoms with Gasteiger partial charge in [-0.15, -0.1) is 0 Å². The third-order valence-corrected chi connectivity index (χ3v) is 1.43. The van der Waals surface area contributed by atoms with E-state index in [0.29, 0.717) is 6.42 Å². The molecule has 0 fully saturated rings. The van der Waals surface area contributed by atoms with E-state index >= 15 is 0 Å². The second-order valence-corrected chi connectivity index (χ2v) is 2.44. The molecule has 1 radical (unpaired) electrons. The lowest BCUT2D eigenvalue weighted by atomic mass is 10.2. The van der Waals surface area contributed by atoms with Gasteiger partial charge in [-0.1, -0.05) is 13.8 Å². The zero-order chi connectivity index (χ0) is 8.69. The van der Waals surface area contributed by atoms with Crippen LogP contribution in [-0.2, 0) is 4.74 Å². The number of aliphatic hydroxyl groups is 1. The van der Waals surface area contributed by atoms with Gasteiger partial charge in [-0.3, -0.25) is 0 Å². The number of hydrogen-bond acceptors (Lipinski definition) is 2.